The maximum atomic E-state index is 11.2. The number of rotatable bonds is 9. The number of aliphatic carboxylic acids is 1. The molecular formula is C15H18O7. The molecule has 0 saturated heterocycles. The molecule has 0 saturated carbocycles. The molecule has 0 aliphatic rings. The lowest BCUT2D eigenvalue weighted by Gasteiger charge is -2.07. The van der Waals surface area contributed by atoms with Crippen molar-refractivity contribution in [3.05, 3.63) is 35.9 Å². The largest absolute Gasteiger partial charge is 0.511 e. The third kappa shape index (κ3) is 8.57. The van der Waals surface area contributed by atoms with E-state index >= 15 is 0 Å². The number of benzene rings is 1. The topological polar surface area (TPSA) is 99.1 Å². The van der Waals surface area contributed by atoms with Gasteiger partial charge in [-0.05, 0) is 18.4 Å². The first kappa shape index (κ1) is 17.5. The van der Waals surface area contributed by atoms with Crippen LogP contribution in [0.2, 0.25) is 0 Å². The van der Waals surface area contributed by atoms with Gasteiger partial charge < -0.3 is 19.3 Å². The van der Waals surface area contributed by atoms with E-state index in [1.54, 1.807) is 12.1 Å². The SMILES string of the molecule is O=C(O)CCCCC(=O)OCOC(=O)OCc1ccccc1. The lowest BCUT2D eigenvalue weighted by Crippen LogP contribution is -2.13. The number of carbonyl (C=O) groups excluding carboxylic acids is 2. The highest BCUT2D eigenvalue weighted by Gasteiger charge is 2.08. The molecule has 1 aromatic carbocycles. The van der Waals surface area contributed by atoms with Crippen LogP contribution in [0.5, 0.6) is 0 Å². The number of hydrogen-bond donors (Lipinski definition) is 1. The predicted octanol–water partition coefficient (Wildman–Crippen LogP) is 2.49. The van der Waals surface area contributed by atoms with Gasteiger partial charge in [0.15, 0.2) is 0 Å². The van der Waals surface area contributed by atoms with E-state index in [9.17, 15) is 14.4 Å². The highest BCUT2D eigenvalue weighted by atomic mass is 16.8. The smallest absolute Gasteiger partial charge is 0.481 e. The zero-order chi connectivity index (χ0) is 16.2. The van der Waals surface area contributed by atoms with Gasteiger partial charge in [-0.1, -0.05) is 30.3 Å². The Hall–Kier alpha value is -2.57. The summed E-state index contributed by atoms with van der Waals surface area (Å²) in [5.74, 6) is -1.46. The van der Waals surface area contributed by atoms with Gasteiger partial charge in [0.25, 0.3) is 0 Å². The van der Waals surface area contributed by atoms with Crippen LogP contribution < -0.4 is 0 Å². The van der Waals surface area contributed by atoms with Crippen LogP contribution in [0, 0.1) is 0 Å². The van der Waals surface area contributed by atoms with Crippen molar-refractivity contribution in [3.8, 4) is 0 Å². The van der Waals surface area contributed by atoms with Gasteiger partial charge in [0, 0.05) is 12.8 Å². The zero-order valence-electron chi connectivity index (χ0n) is 12.0. The molecule has 7 heteroatoms. The van der Waals surface area contributed by atoms with Crippen molar-refractivity contribution in [3.63, 3.8) is 0 Å². The maximum absolute atomic E-state index is 11.2. The van der Waals surface area contributed by atoms with Crippen molar-refractivity contribution in [2.24, 2.45) is 0 Å². The van der Waals surface area contributed by atoms with E-state index in [2.05, 4.69) is 9.47 Å². The second-order valence-corrected chi connectivity index (χ2v) is 4.40. The summed E-state index contributed by atoms with van der Waals surface area (Å²) in [7, 11) is 0. The summed E-state index contributed by atoms with van der Waals surface area (Å²) >= 11 is 0. The van der Waals surface area contributed by atoms with Crippen molar-refractivity contribution in [1.29, 1.82) is 0 Å². The average molecular weight is 310 g/mol. The van der Waals surface area contributed by atoms with Gasteiger partial charge in [-0.2, -0.15) is 0 Å². The first-order valence-corrected chi connectivity index (χ1v) is 6.79. The number of carbonyl (C=O) groups is 3. The van der Waals surface area contributed by atoms with Crippen molar-refractivity contribution in [2.75, 3.05) is 6.79 Å². The zero-order valence-corrected chi connectivity index (χ0v) is 12.0. The highest BCUT2D eigenvalue weighted by Crippen LogP contribution is 2.03. The monoisotopic (exact) mass is 310 g/mol. The summed E-state index contributed by atoms with van der Waals surface area (Å²) in [6.07, 6.45) is -0.0400. The Bertz CT molecular complexity index is 484. The van der Waals surface area contributed by atoms with Crippen molar-refractivity contribution < 1.29 is 33.7 Å². The second kappa shape index (κ2) is 10.2. The summed E-state index contributed by atoms with van der Waals surface area (Å²) in [5, 5.41) is 8.43. The van der Waals surface area contributed by atoms with E-state index in [0.717, 1.165) is 5.56 Å². The number of hydrogen-bond acceptors (Lipinski definition) is 6. The van der Waals surface area contributed by atoms with Gasteiger partial charge in [-0.3, -0.25) is 9.59 Å². The minimum Gasteiger partial charge on any atom is -0.481 e. The van der Waals surface area contributed by atoms with Crippen molar-refractivity contribution >= 4 is 18.1 Å². The van der Waals surface area contributed by atoms with Gasteiger partial charge in [-0.25, -0.2) is 4.79 Å². The summed E-state index contributed by atoms with van der Waals surface area (Å²) in [6.45, 7) is -0.450. The molecule has 120 valence electrons. The molecule has 0 radical (unpaired) electrons. The summed E-state index contributed by atoms with van der Waals surface area (Å²) in [6, 6.07) is 9.07. The van der Waals surface area contributed by atoms with Crippen LogP contribution >= 0.6 is 0 Å². The van der Waals surface area contributed by atoms with E-state index in [-0.39, 0.29) is 19.4 Å². The van der Waals surface area contributed by atoms with Crippen LogP contribution in [0.15, 0.2) is 30.3 Å². The fraction of sp³-hybridized carbons (Fsp3) is 0.400. The normalized spacial score (nSPS) is 9.82. The molecule has 0 heterocycles. The van der Waals surface area contributed by atoms with Crippen LogP contribution in [0.1, 0.15) is 31.2 Å². The summed E-state index contributed by atoms with van der Waals surface area (Å²) < 4.78 is 14.1. The quantitative estimate of drug-likeness (QED) is 0.425. The van der Waals surface area contributed by atoms with Gasteiger partial charge >= 0.3 is 18.1 Å². The first-order valence-electron chi connectivity index (χ1n) is 6.79. The fourth-order valence-corrected chi connectivity index (χ4v) is 1.52. The first-order chi connectivity index (χ1) is 10.6. The van der Waals surface area contributed by atoms with Gasteiger partial charge in [-0.15, -0.1) is 0 Å². The number of ether oxygens (including phenoxy) is 3. The van der Waals surface area contributed by atoms with E-state index in [0.29, 0.717) is 12.8 Å². The molecule has 1 N–H and O–H groups in total. The van der Waals surface area contributed by atoms with E-state index in [4.69, 9.17) is 9.84 Å². The van der Waals surface area contributed by atoms with Crippen LogP contribution in [0.3, 0.4) is 0 Å². The Labute approximate surface area is 127 Å². The highest BCUT2D eigenvalue weighted by molar-refractivity contribution is 5.70. The third-order valence-corrected chi connectivity index (χ3v) is 2.62. The molecule has 0 aromatic heterocycles. The van der Waals surface area contributed by atoms with Gasteiger partial charge in [0.2, 0.25) is 6.79 Å². The molecule has 0 unspecified atom stereocenters. The molecule has 1 aromatic rings. The molecule has 0 atom stereocenters. The Kier molecular flexibility index (Phi) is 8.10. The standard InChI is InChI=1S/C15H18O7/c16-13(17)8-4-5-9-14(18)21-11-22-15(19)20-10-12-6-2-1-3-7-12/h1-3,6-7H,4-5,8-11H2,(H,16,17). The van der Waals surface area contributed by atoms with E-state index < -0.39 is 24.9 Å². The lowest BCUT2D eigenvalue weighted by molar-refractivity contribution is -0.153. The summed E-state index contributed by atoms with van der Waals surface area (Å²) in [5.41, 5.74) is 0.815. The van der Waals surface area contributed by atoms with Gasteiger partial charge in [0.1, 0.15) is 6.61 Å². The van der Waals surface area contributed by atoms with Crippen molar-refractivity contribution in [1.82, 2.24) is 0 Å². The minimum atomic E-state index is -0.928. The molecule has 0 bridgehead atoms. The van der Waals surface area contributed by atoms with Gasteiger partial charge in [0.05, 0.1) is 0 Å². The van der Waals surface area contributed by atoms with E-state index in [1.807, 2.05) is 18.2 Å². The van der Waals surface area contributed by atoms with Crippen LogP contribution in [-0.2, 0) is 30.4 Å². The molecular weight excluding hydrogens is 292 g/mol. The van der Waals surface area contributed by atoms with Crippen LogP contribution in [0.4, 0.5) is 4.79 Å². The number of carboxylic acids is 1. The molecule has 1 rings (SSSR count). The fourth-order valence-electron chi connectivity index (χ4n) is 1.52. The maximum Gasteiger partial charge on any atom is 0.511 e. The van der Waals surface area contributed by atoms with E-state index in [1.165, 1.54) is 0 Å². The average Bonchev–Trinajstić information content (AvgIpc) is 2.50. The number of esters is 1. The molecule has 0 spiro atoms. The molecule has 0 aliphatic carbocycles. The Morgan fingerprint density at radius 3 is 2.27 bits per heavy atom. The second-order valence-electron chi connectivity index (χ2n) is 4.40. The number of unbranched alkanes of at least 4 members (excludes halogenated alkanes) is 1. The Morgan fingerprint density at radius 2 is 1.59 bits per heavy atom. The third-order valence-electron chi connectivity index (χ3n) is 2.62. The lowest BCUT2D eigenvalue weighted by atomic mass is 10.2. The van der Waals surface area contributed by atoms with Crippen LogP contribution in [-0.4, -0.2) is 30.0 Å². The predicted molar refractivity (Wildman–Crippen MR) is 74.8 cm³/mol. The minimum absolute atomic E-state index is 0.00952. The molecule has 0 amide bonds. The van der Waals surface area contributed by atoms with Crippen molar-refractivity contribution in [2.45, 2.75) is 32.3 Å². The molecule has 7 nitrogen and oxygen atoms in total. The molecule has 22 heavy (non-hydrogen) atoms. The Balaban J connectivity index is 2.04. The van der Waals surface area contributed by atoms with Crippen LogP contribution in [0.25, 0.3) is 0 Å². The molecule has 0 fully saturated rings. The Morgan fingerprint density at radius 1 is 0.909 bits per heavy atom. The number of carboxylic acid groups (broad SMARTS) is 1. The summed E-state index contributed by atoms with van der Waals surface area (Å²) in [4.78, 5) is 32.7. The molecule has 0 aliphatic heterocycles.